The first-order valence-corrected chi connectivity index (χ1v) is 6.55. The van der Waals surface area contributed by atoms with Gasteiger partial charge in [-0.15, -0.1) is 0 Å². The topological polar surface area (TPSA) is 26.0 Å². The van der Waals surface area contributed by atoms with Gasteiger partial charge in [0.15, 0.2) is 0 Å². The zero-order chi connectivity index (χ0) is 12.7. The summed E-state index contributed by atoms with van der Waals surface area (Å²) in [5.41, 5.74) is 9.35. The zero-order valence-corrected chi connectivity index (χ0v) is 11.4. The van der Waals surface area contributed by atoms with E-state index in [2.05, 4.69) is 39.0 Å². The number of hydrogen-bond acceptors (Lipinski definition) is 1. The maximum atomic E-state index is 5.67. The van der Waals surface area contributed by atoms with Crippen LogP contribution in [0.3, 0.4) is 0 Å². The van der Waals surface area contributed by atoms with Crippen LogP contribution in [0.2, 0.25) is 0 Å². The van der Waals surface area contributed by atoms with Crippen molar-refractivity contribution >= 4 is 5.69 Å². The van der Waals surface area contributed by atoms with Gasteiger partial charge in [0, 0.05) is 5.69 Å². The highest BCUT2D eigenvalue weighted by molar-refractivity contribution is 5.39. The predicted octanol–water partition coefficient (Wildman–Crippen LogP) is 4.58. The maximum Gasteiger partial charge on any atom is 0.0314 e. The normalized spacial score (nSPS) is 12.2. The molecule has 1 heteroatoms. The first kappa shape index (κ1) is 13.8. The summed E-state index contributed by atoms with van der Waals surface area (Å²) in [6, 6.07) is 8.25. The third-order valence-corrected chi connectivity index (χ3v) is 3.12. The van der Waals surface area contributed by atoms with Gasteiger partial charge < -0.3 is 5.73 Å². The van der Waals surface area contributed by atoms with Crippen LogP contribution in [0.5, 0.6) is 0 Å². The fourth-order valence-electron chi connectivity index (χ4n) is 1.90. The Bertz CT molecular complexity index is 344. The van der Waals surface area contributed by atoms with Crippen molar-refractivity contribution in [1.82, 2.24) is 0 Å². The third-order valence-electron chi connectivity index (χ3n) is 3.12. The van der Waals surface area contributed by atoms with E-state index in [1.54, 1.807) is 0 Å². The molecule has 0 aliphatic rings. The van der Waals surface area contributed by atoms with Crippen LogP contribution in [0.1, 0.15) is 45.6 Å². The summed E-state index contributed by atoms with van der Waals surface area (Å²) < 4.78 is 0. The van der Waals surface area contributed by atoms with Crippen LogP contribution in [0.25, 0.3) is 0 Å². The van der Waals surface area contributed by atoms with Crippen molar-refractivity contribution in [3.05, 3.63) is 41.5 Å². The van der Waals surface area contributed by atoms with Crippen molar-refractivity contribution in [3.8, 4) is 0 Å². The maximum absolute atomic E-state index is 5.67. The third kappa shape index (κ3) is 6.15. The number of nitrogen functional groups attached to an aromatic ring is 1. The molecule has 0 aliphatic carbocycles. The number of allylic oxidation sites excluding steroid dienone is 2. The van der Waals surface area contributed by atoms with Gasteiger partial charge in [0.2, 0.25) is 0 Å². The Morgan fingerprint density at radius 3 is 2.41 bits per heavy atom. The van der Waals surface area contributed by atoms with Crippen LogP contribution in [0.4, 0.5) is 5.69 Å². The van der Waals surface area contributed by atoms with Gasteiger partial charge >= 0.3 is 0 Å². The lowest BCUT2D eigenvalue weighted by atomic mass is 9.96. The van der Waals surface area contributed by atoms with E-state index in [1.807, 2.05) is 12.1 Å². The van der Waals surface area contributed by atoms with Gasteiger partial charge in [0.1, 0.15) is 0 Å². The predicted molar refractivity (Wildman–Crippen MR) is 77.0 cm³/mol. The molecule has 1 nitrogen and oxygen atoms in total. The second kappa shape index (κ2) is 7.16. The zero-order valence-electron chi connectivity index (χ0n) is 11.4. The molecule has 1 aromatic carbocycles. The molecule has 17 heavy (non-hydrogen) atoms. The lowest BCUT2D eigenvalue weighted by Gasteiger charge is -2.10. The summed E-state index contributed by atoms with van der Waals surface area (Å²) in [7, 11) is 0. The van der Waals surface area contributed by atoms with E-state index in [1.165, 1.54) is 30.4 Å². The molecule has 1 rings (SSSR count). The molecule has 0 aromatic heterocycles. The van der Waals surface area contributed by atoms with E-state index in [4.69, 9.17) is 5.73 Å². The minimum absolute atomic E-state index is 0.795. The Kier molecular flexibility index (Phi) is 5.82. The van der Waals surface area contributed by atoms with Crippen LogP contribution in [0, 0.1) is 5.92 Å². The summed E-state index contributed by atoms with van der Waals surface area (Å²) in [6.07, 6.45) is 7.27. The van der Waals surface area contributed by atoms with Crippen molar-refractivity contribution in [2.75, 3.05) is 5.73 Å². The molecule has 0 spiro atoms. The summed E-state index contributed by atoms with van der Waals surface area (Å²) >= 11 is 0. The van der Waals surface area contributed by atoms with E-state index in [-0.39, 0.29) is 0 Å². The summed E-state index contributed by atoms with van der Waals surface area (Å²) in [5, 5.41) is 0. The number of anilines is 1. The Hall–Kier alpha value is -1.24. The number of hydrogen-bond donors (Lipinski definition) is 1. The minimum Gasteiger partial charge on any atom is -0.399 e. The van der Waals surface area contributed by atoms with Gasteiger partial charge in [-0.05, 0) is 63.1 Å². The first-order chi connectivity index (χ1) is 8.08. The molecule has 0 bridgehead atoms. The van der Waals surface area contributed by atoms with Crippen molar-refractivity contribution in [2.24, 2.45) is 5.92 Å². The molecule has 0 radical (unpaired) electrons. The van der Waals surface area contributed by atoms with Gasteiger partial charge in [-0.3, -0.25) is 0 Å². The SMILES string of the molecule is CC(C)=CCC[C@@H](C)CCc1ccc(N)cc1. The highest BCUT2D eigenvalue weighted by Crippen LogP contribution is 2.16. The van der Waals surface area contributed by atoms with Crippen LogP contribution in [-0.2, 0) is 6.42 Å². The average Bonchev–Trinajstić information content (AvgIpc) is 2.28. The fourth-order valence-corrected chi connectivity index (χ4v) is 1.90. The lowest BCUT2D eigenvalue weighted by molar-refractivity contribution is 0.497. The highest BCUT2D eigenvalue weighted by Gasteiger charge is 2.02. The van der Waals surface area contributed by atoms with Gasteiger partial charge in [0.05, 0.1) is 0 Å². The van der Waals surface area contributed by atoms with Crippen LogP contribution in [0.15, 0.2) is 35.9 Å². The van der Waals surface area contributed by atoms with Gasteiger partial charge in [-0.1, -0.05) is 30.7 Å². The largest absolute Gasteiger partial charge is 0.399 e. The Morgan fingerprint density at radius 1 is 1.18 bits per heavy atom. The minimum atomic E-state index is 0.795. The Morgan fingerprint density at radius 2 is 1.82 bits per heavy atom. The van der Waals surface area contributed by atoms with Crippen molar-refractivity contribution in [2.45, 2.75) is 46.5 Å². The molecule has 0 heterocycles. The summed E-state index contributed by atoms with van der Waals surface area (Å²) in [4.78, 5) is 0. The molecule has 1 aromatic rings. The average molecular weight is 231 g/mol. The fraction of sp³-hybridized carbons (Fsp3) is 0.500. The van der Waals surface area contributed by atoms with E-state index >= 15 is 0 Å². The van der Waals surface area contributed by atoms with E-state index in [0.29, 0.717) is 0 Å². The monoisotopic (exact) mass is 231 g/mol. The van der Waals surface area contributed by atoms with Crippen LogP contribution >= 0.6 is 0 Å². The van der Waals surface area contributed by atoms with Crippen LogP contribution in [-0.4, -0.2) is 0 Å². The number of rotatable bonds is 6. The first-order valence-electron chi connectivity index (χ1n) is 6.55. The smallest absolute Gasteiger partial charge is 0.0314 e. The quantitative estimate of drug-likeness (QED) is 0.562. The molecule has 1 atom stereocenters. The van der Waals surface area contributed by atoms with E-state index < -0.39 is 0 Å². The Balaban J connectivity index is 2.26. The summed E-state index contributed by atoms with van der Waals surface area (Å²) in [6.45, 7) is 6.67. The standard InChI is InChI=1S/C16H25N/c1-13(2)5-4-6-14(3)7-8-15-9-11-16(17)12-10-15/h5,9-12,14H,4,6-8,17H2,1-3H3/t14-/m1/s1. The molecule has 0 aliphatic heterocycles. The molecule has 0 saturated heterocycles. The molecule has 0 saturated carbocycles. The van der Waals surface area contributed by atoms with Crippen molar-refractivity contribution < 1.29 is 0 Å². The van der Waals surface area contributed by atoms with Crippen molar-refractivity contribution in [1.29, 1.82) is 0 Å². The number of benzene rings is 1. The van der Waals surface area contributed by atoms with Crippen molar-refractivity contribution in [3.63, 3.8) is 0 Å². The molecule has 94 valence electrons. The molecule has 0 fully saturated rings. The second-order valence-corrected chi connectivity index (χ2v) is 5.24. The molecule has 0 unspecified atom stereocenters. The molecular formula is C16H25N. The molecule has 2 N–H and O–H groups in total. The molecular weight excluding hydrogens is 206 g/mol. The van der Waals surface area contributed by atoms with E-state index in [0.717, 1.165) is 18.0 Å². The molecule has 0 amide bonds. The second-order valence-electron chi connectivity index (χ2n) is 5.24. The van der Waals surface area contributed by atoms with E-state index in [9.17, 15) is 0 Å². The summed E-state index contributed by atoms with van der Waals surface area (Å²) in [5.74, 6) is 0.795. The lowest BCUT2D eigenvalue weighted by Crippen LogP contribution is -1.97. The van der Waals surface area contributed by atoms with Gasteiger partial charge in [-0.25, -0.2) is 0 Å². The van der Waals surface area contributed by atoms with Gasteiger partial charge in [-0.2, -0.15) is 0 Å². The van der Waals surface area contributed by atoms with Gasteiger partial charge in [0.25, 0.3) is 0 Å². The number of aryl methyl sites for hydroxylation is 1. The Labute approximate surface area is 106 Å². The van der Waals surface area contributed by atoms with Crippen LogP contribution < -0.4 is 5.73 Å². The number of nitrogens with two attached hydrogens (primary N) is 1. The highest BCUT2D eigenvalue weighted by atomic mass is 14.5.